The van der Waals surface area contributed by atoms with Gasteiger partial charge in [-0.15, -0.1) is 0 Å². The van der Waals surface area contributed by atoms with Gasteiger partial charge in [0.1, 0.15) is 4.90 Å². The van der Waals surface area contributed by atoms with Crippen LogP contribution < -0.4 is 4.72 Å². The molecule has 3 aromatic rings. The van der Waals surface area contributed by atoms with Crippen molar-refractivity contribution in [2.24, 2.45) is 0 Å². The van der Waals surface area contributed by atoms with E-state index in [2.05, 4.69) is 15.8 Å². The number of aromatic nitrogens is 1. The molecule has 0 aliphatic carbocycles. The molecule has 0 amide bonds. The summed E-state index contributed by atoms with van der Waals surface area (Å²) in [6.45, 7) is 2.01. The largest absolute Gasteiger partial charge is 0.284 e. The first-order valence-corrected chi connectivity index (χ1v) is 9.11. The summed E-state index contributed by atoms with van der Waals surface area (Å²) in [7, 11) is 0. The number of benzene rings is 2. The molecule has 2 aromatic carbocycles. The molecular formula is C19H16ClN3O2S. The molecule has 0 fully saturated rings. The smallest absolute Gasteiger partial charge is 0.263 e. The van der Waals surface area contributed by atoms with E-state index in [9.17, 15) is 10.1 Å². The summed E-state index contributed by atoms with van der Waals surface area (Å²) in [6.07, 6.45) is 3.33. The van der Waals surface area contributed by atoms with Crippen LogP contribution in [0.3, 0.4) is 0 Å². The van der Waals surface area contributed by atoms with Gasteiger partial charge < -0.3 is 0 Å². The molecule has 0 spiro atoms. The van der Waals surface area contributed by atoms with Gasteiger partial charge in [0, 0.05) is 30.1 Å². The number of para-hydroxylation sites is 1. The monoisotopic (exact) mass is 385 g/mol. The van der Waals surface area contributed by atoms with Gasteiger partial charge in [0.05, 0.1) is 9.95 Å². The molecular weight excluding hydrogens is 370 g/mol. The van der Waals surface area contributed by atoms with E-state index in [0.717, 1.165) is 16.7 Å². The summed E-state index contributed by atoms with van der Waals surface area (Å²) in [6, 6.07) is 16.6. The van der Waals surface area contributed by atoms with E-state index >= 15 is 0 Å². The zero-order valence-corrected chi connectivity index (χ0v) is 15.5. The Morgan fingerprint density at radius 1 is 1.19 bits per heavy atom. The van der Waals surface area contributed by atoms with E-state index in [1.54, 1.807) is 30.6 Å². The van der Waals surface area contributed by atoms with Gasteiger partial charge in [-0.3, -0.25) is 19.8 Å². The first-order valence-electron chi connectivity index (χ1n) is 7.92. The molecule has 0 aliphatic rings. The molecule has 26 heavy (non-hydrogen) atoms. The molecule has 3 rings (SSSR count). The van der Waals surface area contributed by atoms with E-state index < -0.39 is 0 Å². The Morgan fingerprint density at radius 3 is 2.77 bits per heavy atom. The Hall–Kier alpha value is -2.41. The zero-order valence-electron chi connectivity index (χ0n) is 13.9. The Bertz CT molecular complexity index is 936. The molecule has 0 radical (unpaired) electrons. The number of rotatable bonds is 6. The number of hydrogen-bond donors (Lipinski definition) is 1. The molecule has 1 N–H and O–H groups in total. The lowest BCUT2D eigenvalue weighted by Crippen LogP contribution is -2.10. The van der Waals surface area contributed by atoms with Gasteiger partial charge in [-0.1, -0.05) is 41.9 Å². The standard InChI is InChI=1S/C19H16ClN3O2S/c1-13(22-26-19-8-3-2-7-18(19)23(24)25)14-5-4-6-15(11-14)16-9-10-21-12-17(16)20/h2-13,22H,1H3. The van der Waals surface area contributed by atoms with Crippen LogP contribution in [0.1, 0.15) is 18.5 Å². The summed E-state index contributed by atoms with van der Waals surface area (Å²) in [5, 5.41) is 11.7. The third kappa shape index (κ3) is 4.22. The highest BCUT2D eigenvalue weighted by Gasteiger charge is 2.15. The van der Waals surface area contributed by atoms with Crippen LogP contribution >= 0.6 is 23.5 Å². The highest BCUT2D eigenvalue weighted by Crippen LogP contribution is 2.31. The van der Waals surface area contributed by atoms with Gasteiger partial charge in [0.15, 0.2) is 0 Å². The number of halogens is 1. The minimum Gasteiger partial charge on any atom is -0.263 e. The quantitative estimate of drug-likeness (QED) is 0.336. The molecule has 132 valence electrons. The van der Waals surface area contributed by atoms with Crippen molar-refractivity contribution in [3.05, 3.63) is 87.7 Å². The molecule has 1 atom stereocenters. The van der Waals surface area contributed by atoms with Crippen LogP contribution in [0.25, 0.3) is 11.1 Å². The van der Waals surface area contributed by atoms with E-state index in [0.29, 0.717) is 9.92 Å². The van der Waals surface area contributed by atoms with Crippen LogP contribution in [0.2, 0.25) is 5.02 Å². The SMILES string of the molecule is CC(NSc1ccccc1[N+](=O)[O-])c1cccc(-c2ccncc2Cl)c1. The Balaban J connectivity index is 1.77. The maximum atomic E-state index is 11.1. The number of nitrogens with zero attached hydrogens (tertiary/aromatic N) is 2. The third-order valence-electron chi connectivity index (χ3n) is 3.88. The second kappa shape index (κ2) is 8.31. The van der Waals surface area contributed by atoms with Crippen molar-refractivity contribution in [2.75, 3.05) is 0 Å². The number of nitro groups is 1. The van der Waals surface area contributed by atoms with E-state index in [4.69, 9.17) is 11.6 Å². The van der Waals surface area contributed by atoms with Gasteiger partial charge in [0.2, 0.25) is 0 Å². The molecule has 0 saturated heterocycles. The number of hydrogen-bond acceptors (Lipinski definition) is 5. The predicted octanol–water partition coefficient (Wildman–Crippen LogP) is 5.67. The topological polar surface area (TPSA) is 68.1 Å². The Labute approximate surface area is 160 Å². The molecule has 0 saturated carbocycles. The van der Waals surface area contributed by atoms with Crippen molar-refractivity contribution >= 4 is 29.2 Å². The van der Waals surface area contributed by atoms with Crippen LogP contribution in [0, 0.1) is 10.1 Å². The van der Waals surface area contributed by atoms with Crippen molar-refractivity contribution in [3.8, 4) is 11.1 Å². The summed E-state index contributed by atoms with van der Waals surface area (Å²) in [5.74, 6) is 0. The fourth-order valence-corrected chi connectivity index (χ4v) is 3.56. The molecule has 7 heteroatoms. The molecule has 0 bridgehead atoms. The van der Waals surface area contributed by atoms with Crippen molar-refractivity contribution in [2.45, 2.75) is 17.9 Å². The van der Waals surface area contributed by atoms with Gasteiger partial charge in [-0.05, 0) is 48.2 Å². The van der Waals surface area contributed by atoms with Gasteiger partial charge in [0.25, 0.3) is 5.69 Å². The fraction of sp³-hybridized carbons (Fsp3) is 0.105. The van der Waals surface area contributed by atoms with Crippen molar-refractivity contribution in [3.63, 3.8) is 0 Å². The van der Waals surface area contributed by atoms with Crippen LogP contribution in [0.15, 0.2) is 71.9 Å². The lowest BCUT2D eigenvalue weighted by molar-refractivity contribution is -0.387. The van der Waals surface area contributed by atoms with Crippen molar-refractivity contribution < 1.29 is 4.92 Å². The maximum Gasteiger partial charge on any atom is 0.284 e. The van der Waals surface area contributed by atoms with E-state index in [-0.39, 0.29) is 16.7 Å². The fourth-order valence-electron chi connectivity index (χ4n) is 2.50. The molecule has 0 aliphatic heterocycles. The van der Waals surface area contributed by atoms with Gasteiger partial charge in [-0.25, -0.2) is 0 Å². The van der Waals surface area contributed by atoms with E-state index in [1.165, 1.54) is 18.0 Å². The van der Waals surface area contributed by atoms with E-state index in [1.807, 2.05) is 31.2 Å². The summed E-state index contributed by atoms with van der Waals surface area (Å²) in [4.78, 5) is 15.3. The Kier molecular flexibility index (Phi) is 5.88. The van der Waals surface area contributed by atoms with Crippen LogP contribution in [0.4, 0.5) is 5.69 Å². The minimum absolute atomic E-state index is 0.0135. The average molecular weight is 386 g/mol. The van der Waals surface area contributed by atoms with Crippen LogP contribution in [-0.2, 0) is 0 Å². The summed E-state index contributed by atoms with van der Waals surface area (Å²) < 4.78 is 3.27. The van der Waals surface area contributed by atoms with Crippen LogP contribution in [-0.4, -0.2) is 9.91 Å². The lowest BCUT2D eigenvalue weighted by Gasteiger charge is -2.15. The lowest BCUT2D eigenvalue weighted by atomic mass is 10.0. The summed E-state index contributed by atoms with van der Waals surface area (Å²) >= 11 is 7.49. The molecule has 1 aromatic heterocycles. The average Bonchev–Trinajstić information content (AvgIpc) is 2.66. The highest BCUT2D eigenvalue weighted by molar-refractivity contribution is 7.97. The first-order chi connectivity index (χ1) is 12.6. The number of pyridine rings is 1. The van der Waals surface area contributed by atoms with Gasteiger partial charge in [-0.2, -0.15) is 0 Å². The highest BCUT2D eigenvalue weighted by atomic mass is 35.5. The van der Waals surface area contributed by atoms with Crippen molar-refractivity contribution in [1.82, 2.24) is 9.71 Å². The Morgan fingerprint density at radius 2 is 2.00 bits per heavy atom. The third-order valence-corrected chi connectivity index (χ3v) is 5.22. The summed E-state index contributed by atoms with van der Waals surface area (Å²) in [5.41, 5.74) is 3.07. The normalized spacial score (nSPS) is 11.9. The number of nitrogens with one attached hydrogen (secondary N) is 1. The first kappa shape index (κ1) is 18.4. The molecule has 5 nitrogen and oxygen atoms in total. The second-order valence-electron chi connectivity index (χ2n) is 5.65. The zero-order chi connectivity index (χ0) is 18.5. The van der Waals surface area contributed by atoms with Gasteiger partial charge >= 0.3 is 0 Å². The minimum atomic E-state index is -0.374. The van der Waals surface area contributed by atoms with Crippen molar-refractivity contribution in [1.29, 1.82) is 0 Å². The number of nitro benzene ring substituents is 1. The molecule has 1 unspecified atom stereocenters. The van der Waals surface area contributed by atoms with Crippen LogP contribution in [0.5, 0.6) is 0 Å². The molecule has 1 heterocycles. The second-order valence-corrected chi connectivity index (χ2v) is 6.93. The predicted molar refractivity (Wildman–Crippen MR) is 105 cm³/mol. The maximum absolute atomic E-state index is 11.1.